The van der Waals surface area contributed by atoms with Gasteiger partial charge in [0.15, 0.2) is 0 Å². The molecule has 1 amide bonds. The minimum Gasteiger partial charge on any atom is -0.465 e. The first-order valence-electron chi connectivity index (χ1n) is 5.16. The van der Waals surface area contributed by atoms with E-state index in [0.29, 0.717) is 12.0 Å². The van der Waals surface area contributed by atoms with Crippen molar-refractivity contribution in [2.45, 2.75) is 19.4 Å². The number of aryl methyl sites for hydroxylation is 1. The molecule has 0 heterocycles. The van der Waals surface area contributed by atoms with Crippen LogP contribution < -0.4 is 5.32 Å². The van der Waals surface area contributed by atoms with E-state index in [-0.39, 0.29) is 6.61 Å². The molecule has 1 rings (SSSR count). The number of nitrogens with one attached hydrogen (secondary N) is 1. The standard InChI is InChI=1S/C12H14N2O3/c1-8-4-9(2-3-10(8)6-13)5-11(7-15)14-12(16)17/h2-4,11,14-15H,5,7H2,1H3,(H,16,17)/t11-/m1/s1. The van der Waals surface area contributed by atoms with Gasteiger partial charge >= 0.3 is 6.09 Å². The number of carbonyl (C=O) groups is 1. The van der Waals surface area contributed by atoms with Crippen LogP contribution in [0.25, 0.3) is 0 Å². The van der Waals surface area contributed by atoms with Gasteiger partial charge in [-0.15, -0.1) is 0 Å². The number of hydrogen-bond acceptors (Lipinski definition) is 3. The second kappa shape index (κ2) is 5.87. The zero-order valence-corrected chi connectivity index (χ0v) is 9.47. The van der Waals surface area contributed by atoms with Crippen LogP contribution in [-0.4, -0.2) is 29.0 Å². The Morgan fingerprint density at radius 2 is 2.29 bits per heavy atom. The third-order valence-electron chi connectivity index (χ3n) is 2.44. The van der Waals surface area contributed by atoms with Crippen molar-refractivity contribution in [1.29, 1.82) is 5.26 Å². The highest BCUT2D eigenvalue weighted by Gasteiger charge is 2.11. The van der Waals surface area contributed by atoms with E-state index < -0.39 is 12.1 Å². The smallest absolute Gasteiger partial charge is 0.404 e. The fourth-order valence-corrected chi connectivity index (χ4v) is 1.60. The minimum atomic E-state index is -1.16. The van der Waals surface area contributed by atoms with Gasteiger partial charge < -0.3 is 15.5 Å². The summed E-state index contributed by atoms with van der Waals surface area (Å²) in [5.41, 5.74) is 2.33. The monoisotopic (exact) mass is 234 g/mol. The van der Waals surface area contributed by atoms with E-state index in [1.807, 2.05) is 13.0 Å². The molecule has 5 nitrogen and oxygen atoms in total. The quantitative estimate of drug-likeness (QED) is 0.725. The number of benzene rings is 1. The molecule has 1 aromatic rings. The maximum atomic E-state index is 10.5. The molecule has 0 saturated carbocycles. The minimum absolute atomic E-state index is 0.259. The summed E-state index contributed by atoms with van der Waals surface area (Å²) in [4.78, 5) is 10.5. The molecule has 0 aliphatic rings. The number of rotatable bonds is 4. The molecule has 0 aliphatic carbocycles. The van der Waals surface area contributed by atoms with Gasteiger partial charge in [0.05, 0.1) is 24.3 Å². The Labute approximate surface area is 99.3 Å². The van der Waals surface area contributed by atoms with Crippen LogP contribution in [0, 0.1) is 18.3 Å². The molecular formula is C12H14N2O3. The molecule has 3 N–H and O–H groups in total. The van der Waals surface area contributed by atoms with Crippen LogP contribution in [0.4, 0.5) is 4.79 Å². The number of carboxylic acid groups (broad SMARTS) is 1. The van der Waals surface area contributed by atoms with Gasteiger partial charge in [0.2, 0.25) is 0 Å². The molecular weight excluding hydrogens is 220 g/mol. The highest BCUT2D eigenvalue weighted by atomic mass is 16.4. The Morgan fingerprint density at radius 3 is 2.76 bits per heavy atom. The first kappa shape index (κ1) is 13.0. The lowest BCUT2D eigenvalue weighted by Gasteiger charge is -2.14. The lowest BCUT2D eigenvalue weighted by atomic mass is 10.0. The summed E-state index contributed by atoms with van der Waals surface area (Å²) in [6.45, 7) is 1.56. The zero-order chi connectivity index (χ0) is 12.8. The second-order valence-electron chi connectivity index (χ2n) is 3.79. The Morgan fingerprint density at radius 1 is 1.59 bits per heavy atom. The van der Waals surface area contributed by atoms with E-state index in [1.54, 1.807) is 12.1 Å². The van der Waals surface area contributed by atoms with E-state index in [2.05, 4.69) is 11.4 Å². The van der Waals surface area contributed by atoms with Crippen molar-refractivity contribution in [3.05, 3.63) is 34.9 Å². The highest BCUT2D eigenvalue weighted by Crippen LogP contribution is 2.11. The SMILES string of the molecule is Cc1cc(C[C@H](CO)NC(=O)O)ccc1C#N. The molecule has 0 spiro atoms. The van der Waals surface area contributed by atoms with Crippen molar-refractivity contribution in [2.75, 3.05) is 6.61 Å². The van der Waals surface area contributed by atoms with Gasteiger partial charge in [-0.25, -0.2) is 4.79 Å². The first-order chi connectivity index (χ1) is 8.06. The number of amides is 1. The van der Waals surface area contributed by atoms with Crippen LogP contribution >= 0.6 is 0 Å². The highest BCUT2D eigenvalue weighted by molar-refractivity contribution is 5.64. The van der Waals surface area contributed by atoms with E-state index in [9.17, 15) is 4.79 Å². The third-order valence-corrected chi connectivity index (χ3v) is 2.44. The van der Waals surface area contributed by atoms with Crippen molar-refractivity contribution < 1.29 is 15.0 Å². The van der Waals surface area contributed by atoms with Crippen molar-refractivity contribution in [2.24, 2.45) is 0 Å². The lowest BCUT2D eigenvalue weighted by Crippen LogP contribution is -2.38. The van der Waals surface area contributed by atoms with Crippen molar-refractivity contribution in [3.8, 4) is 6.07 Å². The van der Waals surface area contributed by atoms with Gasteiger partial charge in [0.25, 0.3) is 0 Å². The van der Waals surface area contributed by atoms with E-state index >= 15 is 0 Å². The summed E-state index contributed by atoms with van der Waals surface area (Å²) in [6, 6.07) is 6.82. The summed E-state index contributed by atoms with van der Waals surface area (Å²) in [5, 5.41) is 28.6. The maximum Gasteiger partial charge on any atom is 0.404 e. The Kier molecular flexibility index (Phi) is 4.49. The van der Waals surface area contributed by atoms with Crippen molar-refractivity contribution >= 4 is 6.09 Å². The van der Waals surface area contributed by atoms with Crippen LogP contribution in [0.2, 0.25) is 0 Å². The van der Waals surface area contributed by atoms with Crippen LogP contribution in [0.1, 0.15) is 16.7 Å². The van der Waals surface area contributed by atoms with Gasteiger partial charge in [-0.1, -0.05) is 12.1 Å². The van der Waals surface area contributed by atoms with E-state index in [4.69, 9.17) is 15.5 Å². The molecule has 0 aromatic heterocycles. The van der Waals surface area contributed by atoms with Gasteiger partial charge in [0.1, 0.15) is 0 Å². The molecule has 17 heavy (non-hydrogen) atoms. The van der Waals surface area contributed by atoms with Crippen LogP contribution in [0.15, 0.2) is 18.2 Å². The zero-order valence-electron chi connectivity index (χ0n) is 9.47. The van der Waals surface area contributed by atoms with Crippen LogP contribution in [0.5, 0.6) is 0 Å². The Hall–Kier alpha value is -2.06. The van der Waals surface area contributed by atoms with Crippen LogP contribution in [-0.2, 0) is 6.42 Å². The number of aliphatic hydroxyl groups excluding tert-OH is 1. The van der Waals surface area contributed by atoms with E-state index in [0.717, 1.165) is 11.1 Å². The maximum absolute atomic E-state index is 10.5. The summed E-state index contributed by atoms with van der Waals surface area (Å²) < 4.78 is 0. The van der Waals surface area contributed by atoms with Crippen molar-refractivity contribution in [1.82, 2.24) is 5.32 Å². The largest absolute Gasteiger partial charge is 0.465 e. The van der Waals surface area contributed by atoms with Gasteiger partial charge in [0, 0.05) is 0 Å². The fourth-order valence-electron chi connectivity index (χ4n) is 1.60. The summed E-state index contributed by atoms with van der Waals surface area (Å²) in [5.74, 6) is 0. The molecule has 0 unspecified atom stereocenters. The van der Waals surface area contributed by atoms with Gasteiger partial charge in [-0.2, -0.15) is 5.26 Å². The second-order valence-corrected chi connectivity index (χ2v) is 3.79. The van der Waals surface area contributed by atoms with E-state index in [1.165, 1.54) is 0 Å². The molecule has 0 saturated heterocycles. The summed E-state index contributed by atoms with van der Waals surface area (Å²) in [6.07, 6.45) is -0.760. The number of aliphatic hydroxyl groups is 1. The number of nitrogens with zero attached hydrogens (tertiary/aromatic N) is 1. The Balaban J connectivity index is 2.77. The fraction of sp³-hybridized carbons (Fsp3) is 0.333. The van der Waals surface area contributed by atoms with Crippen LogP contribution in [0.3, 0.4) is 0 Å². The first-order valence-corrected chi connectivity index (χ1v) is 5.16. The van der Waals surface area contributed by atoms with Gasteiger partial charge in [-0.3, -0.25) is 0 Å². The van der Waals surface area contributed by atoms with Crippen molar-refractivity contribution in [3.63, 3.8) is 0 Å². The molecule has 90 valence electrons. The average molecular weight is 234 g/mol. The molecule has 0 bridgehead atoms. The predicted octanol–water partition coefficient (Wildman–Crippen LogP) is 1.04. The molecule has 5 heteroatoms. The number of hydrogen-bond donors (Lipinski definition) is 3. The predicted molar refractivity (Wildman–Crippen MR) is 61.6 cm³/mol. The number of nitriles is 1. The molecule has 1 aromatic carbocycles. The topological polar surface area (TPSA) is 93.3 Å². The lowest BCUT2D eigenvalue weighted by molar-refractivity contribution is 0.177. The molecule has 1 atom stereocenters. The Bertz CT molecular complexity index is 452. The third kappa shape index (κ3) is 3.78. The molecule has 0 fully saturated rings. The normalized spacial score (nSPS) is 11.6. The molecule has 0 radical (unpaired) electrons. The molecule has 0 aliphatic heterocycles. The average Bonchev–Trinajstić information content (AvgIpc) is 2.27. The van der Waals surface area contributed by atoms with Gasteiger partial charge in [-0.05, 0) is 30.5 Å². The summed E-state index contributed by atoms with van der Waals surface area (Å²) >= 11 is 0. The summed E-state index contributed by atoms with van der Waals surface area (Å²) in [7, 11) is 0.